The van der Waals surface area contributed by atoms with Gasteiger partial charge in [0.25, 0.3) is 0 Å². The van der Waals surface area contributed by atoms with Gasteiger partial charge in [-0.1, -0.05) is 12.1 Å². The Labute approximate surface area is 188 Å². The van der Waals surface area contributed by atoms with Gasteiger partial charge in [0.05, 0.1) is 23.6 Å². The highest BCUT2D eigenvalue weighted by Crippen LogP contribution is 2.28. The molecule has 0 spiro atoms. The van der Waals surface area contributed by atoms with Crippen molar-refractivity contribution in [2.45, 2.75) is 13.0 Å². The lowest BCUT2D eigenvalue weighted by atomic mass is 10.1. The van der Waals surface area contributed by atoms with Crippen LogP contribution in [0.2, 0.25) is 0 Å². The summed E-state index contributed by atoms with van der Waals surface area (Å²) in [5.74, 6) is 0.415. The molecule has 1 aliphatic heterocycles. The van der Waals surface area contributed by atoms with Gasteiger partial charge < -0.3 is 14.4 Å². The number of morpholine rings is 1. The van der Waals surface area contributed by atoms with E-state index in [1.807, 2.05) is 49.3 Å². The zero-order chi connectivity index (χ0) is 22.7. The van der Waals surface area contributed by atoms with E-state index in [0.717, 1.165) is 16.9 Å². The Morgan fingerprint density at radius 1 is 1.19 bits per heavy atom. The molecule has 3 aromatic rings. The lowest BCUT2D eigenvalue weighted by Gasteiger charge is -2.31. The summed E-state index contributed by atoms with van der Waals surface area (Å²) in [6.07, 6.45) is 2.83. The van der Waals surface area contributed by atoms with E-state index in [2.05, 4.69) is 15.0 Å². The second-order valence-corrected chi connectivity index (χ2v) is 10.00. The third-order valence-corrected chi connectivity index (χ3v) is 7.22. The summed E-state index contributed by atoms with van der Waals surface area (Å²) >= 11 is 0. The first-order chi connectivity index (χ1) is 15.4. The van der Waals surface area contributed by atoms with E-state index in [-0.39, 0.29) is 25.0 Å². The van der Waals surface area contributed by atoms with Gasteiger partial charge in [-0.25, -0.2) is 18.4 Å². The number of benzene rings is 1. The number of ether oxygens (including phenoxy) is 2. The van der Waals surface area contributed by atoms with Crippen LogP contribution in [0.5, 0.6) is 5.88 Å². The molecule has 9 nitrogen and oxygen atoms in total. The van der Waals surface area contributed by atoms with E-state index in [0.29, 0.717) is 30.1 Å². The van der Waals surface area contributed by atoms with Gasteiger partial charge in [0.2, 0.25) is 15.9 Å². The van der Waals surface area contributed by atoms with E-state index in [9.17, 15) is 8.42 Å². The predicted molar refractivity (Wildman–Crippen MR) is 123 cm³/mol. The van der Waals surface area contributed by atoms with Crippen LogP contribution >= 0.6 is 0 Å². The number of rotatable bonds is 7. The second-order valence-electron chi connectivity index (χ2n) is 7.74. The Morgan fingerprint density at radius 3 is 2.66 bits per heavy atom. The van der Waals surface area contributed by atoms with Crippen LogP contribution in [0.1, 0.15) is 6.92 Å². The van der Waals surface area contributed by atoms with Crippen LogP contribution in [-0.4, -0.2) is 79.9 Å². The molecule has 0 aliphatic carbocycles. The normalized spacial score (nSPS) is 17.4. The van der Waals surface area contributed by atoms with Crippen molar-refractivity contribution in [3.05, 3.63) is 42.7 Å². The zero-order valence-corrected chi connectivity index (χ0v) is 19.2. The molecule has 4 rings (SSSR count). The largest absolute Gasteiger partial charge is 0.473 e. The van der Waals surface area contributed by atoms with Crippen LogP contribution in [0.25, 0.3) is 22.3 Å². The maximum atomic E-state index is 12.2. The topological polar surface area (TPSA) is 97.8 Å². The van der Waals surface area contributed by atoms with Crippen LogP contribution in [0.4, 0.5) is 5.69 Å². The Bertz CT molecular complexity index is 1180. The first kappa shape index (κ1) is 22.4. The van der Waals surface area contributed by atoms with E-state index in [1.54, 1.807) is 19.3 Å². The minimum atomic E-state index is -3.27. The minimum Gasteiger partial charge on any atom is -0.473 e. The summed E-state index contributed by atoms with van der Waals surface area (Å²) < 4.78 is 37.6. The van der Waals surface area contributed by atoms with Crippen molar-refractivity contribution >= 4 is 26.7 Å². The van der Waals surface area contributed by atoms with Gasteiger partial charge >= 0.3 is 0 Å². The van der Waals surface area contributed by atoms with Crippen molar-refractivity contribution in [3.8, 4) is 17.1 Å². The highest BCUT2D eigenvalue weighted by atomic mass is 32.2. The van der Waals surface area contributed by atoms with Crippen molar-refractivity contribution in [1.29, 1.82) is 0 Å². The van der Waals surface area contributed by atoms with Gasteiger partial charge in [-0.15, -0.1) is 0 Å². The number of fused-ring (bicyclic) bond motifs is 1. The van der Waals surface area contributed by atoms with Crippen molar-refractivity contribution in [3.63, 3.8) is 0 Å². The maximum absolute atomic E-state index is 12.2. The molecule has 3 heterocycles. The fourth-order valence-electron chi connectivity index (χ4n) is 3.52. The van der Waals surface area contributed by atoms with Gasteiger partial charge in [0.1, 0.15) is 12.7 Å². The summed E-state index contributed by atoms with van der Waals surface area (Å²) in [5.41, 5.74) is 3.96. The van der Waals surface area contributed by atoms with Gasteiger partial charge in [0, 0.05) is 50.8 Å². The molecule has 0 amide bonds. The number of anilines is 1. The molecule has 2 aromatic heterocycles. The Hall–Kier alpha value is -2.82. The van der Waals surface area contributed by atoms with Crippen molar-refractivity contribution in [2.24, 2.45) is 0 Å². The molecule has 10 heteroatoms. The minimum absolute atomic E-state index is 0.0665. The lowest BCUT2D eigenvalue weighted by molar-refractivity contribution is -0.0253. The molecular weight excluding hydrogens is 430 g/mol. The SMILES string of the molecule is CCS(=O)(=O)N1CCOC(COc2nc(-c3ccc(N(C)C)cc3)cc3nccnc23)C1. The zero-order valence-electron chi connectivity index (χ0n) is 18.4. The average molecular weight is 458 g/mol. The van der Waals surface area contributed by atoms with Gasteiger partial charge in [-0.2, -0.15) is 4.31 Å². The molecule has 1 unspecified atom stereocenters. The predicted octanol–water partition coefficient (Wildman–Crippen LogP) is 2.19. The average Bonchev–Trinajstić information content (AvgIpc) is 2.82. The number of hydrogen-bond acceptors (Lipinski definition) is 8. The van der Waals surface area contributed by atoms with E-state index >= 15 is 0 Å². The molecule has 0 N–H and O–H groups in total. The molecule has 0 saturated carbocycles. The molecule has 1 aliphatic rings. The van der Waals surface area contributed by atoms with Gasteiger partial charge in [-0.05, 0) is 25.1 Å². The molecule has 32 heavy (non-hydrogen) atoms. The standard InChI is InChI=1S/C22H27N5O4S/c1-4-32(28,29)27-11-12-30-18(14-27)15-31-22-21-20(23-9-10-24-21)13-19(25-22)16-5-7-17(8-6-16)26(2)3/h5-10,13,18H,4,11-12,14-15H2,1-3H3. The van der Waals surface area contributed by atoms with Gasteiger partial charge in [-0.3, -0.25) is 4.98 Å². The fraction of sp³-hybridized carbons (Fsp3) is 0.409. The first-order valence-electron chi connectivity index (χ1n) is 10.5. The summed E-state index contributed by atoms with van der Waals surface area (Å²) in [7, 11) is 0.714. The number of sulfonamides is 1. The van der Waals surface area contributed by atoms with Crippen molar-refractivity contribution in [1.82, 2.24) is 19.3 Å². The van der Waals surface area contributed by atoms with E-state index in [4.69, 9.17) is 9.47 Å². The van der Waals surface area contributed by atoms with Crippen LogP contribution in [-0.2, 0) is 14.8 Å². The molecule has 0 radical (unpaired) electrons. The number of nitrogens with zero attached hydrogens (tertiary/aromatic N) is 5. The summed E-state index contributed by atoms with van der Waals surface area (Å²) in [5, 5.41) is 0. The van der Waals surface area contributed by atoms with E-state index < -0.39 is 10.0 Å². The smallest absolute Gasteiger partial charge is 0.242 e. The molecule has 1 atom stereocenters. The molecule has 1 fully saturated rings. The quantitative estimate of drug-likeness (QED) is 0.533. The number of aromatic nitrogens is 3. The number of hydrogen-bond donors (Lipinski definition) is 0. The Morgan fingerprint density at radius 2 is 1.94 bits per heavy atom. The Kier molecular flexibility index (Phi) is 6.54. The number of pyridine rings is 1. The van der Waals surface area contributed by atoms with Crippen LogP contribution in [0.3, 0.4) is 0 Å². The van der Waals surface area contributed by atoms with Crippen molar-refractivity contribution in [2.75, 3.05) is 51.1 Å². The molecule has 170 valence electrons. The van der Waals surface area contributed by atoms with Crippen LogP contribution in [0.15, 0.2) is 42.7 Å². The van der Waals surface area contributed by atoms with Crippen molar-refractivity contribution < 1.29 is 17.9 Å². The highest BCUT2D eigenvalue weighted by Gasteiger charge is 2.29. The van der Waals surface area contributed by atoms with Crippen LogP contribution in [0, 0.1) is 0 Å². The maximum Gasteiger partial charge on any atom is 0.242 e. The molecule has 1 saturated heterocycles. The van der Waals surface area contributed by atoms with Gasteiger partial charge in [0.15, 0.2) is 5.52 Å². The highest BCUT2D eigenvalue weighted by molar-refractivity contribution is 7.89. The molecular formula is C22H27N5O4S. The molecule has 1 aromatic carbocycles. The third kappa shape index (κ3) is 4.82. The third-order valence-electron chi connectivity index (χ3n) is 5.37. The summed E-state index contributed by atoms with van der Waals surface area (Å²) in [6.45, 7) is 2.75. The summed E-state index contributed by atoms with van der Waals surface area (Å²) in [6, 6.07) is 9.93. The van der Waals surface area contributed by atoms with E-state index in [1.165, 1.54) is 4.31 Å². The molecule has 0 bridgehead atoms. The van der Waals surface area contributed by atoms with Crippen LogP contribution < -0.4 is 9.64 Å². The fourth-order valence-corrected chi connectivity index (χ4v) is 4.63. The Balaban J connectivity index is 1.58. The summed E-state index contributed by atoms with van der Waals surface area (Å²) in [4.78, 5) is 15.5. The first-order valence-corrected chi connectivity index (χ1v) is 12.1. The second kappa shape index (κ2) is 9.35. The lowest BCUT2D eigenvalue weighted by Crippen LogP contribution is -2.48. The monoisotopic (exact) mass is 457 g/mol.